The van der Waals surface area contributed by atoms with Crippen molar-refractivity contribution in [3.8, 4) is 0 Å². The fourth-order valence-electron chi connectivity index (χ4n) is 1.25. The maximum Gasteiger partial charge on any atom is 0.414 e. The Hall–Kier alpha value is -1.84. The van der Waals surface area contributed by atoms with E-state index in [1.807, 2.05) is 6.07 Å². The summed E-state index contributed by atoms with van der Waals surface area (Å²) in [7, 11) is 1.29. The number of hydrogen-bond donors (Lipinski definition) is 0. The molecule has 0 aromatic heterocycles. The quantitative estimate of drug-likeness (QED) is 0.710. The van der Waals surface area contributed by atoms with Crippen LogP contribution in [0.2, 0.25) is 0 Å². The second-order valence-electron chi connectivity index (χ2n) is 3.05. The van der Waals surface area contributed by atoms with Gasteiger partial charge in [-0.3, -0.25) is 4.90 Å². The second kappa shape index (κ2) is 5.14. The van der Waals surface area contributed by atoms with E-state index in [2.05, 4.69) is 4.74 Å². The fourth-order valence-corrected chi connectivity index (χ4v) is 1.25. The second-order valence-corrected chi connectivity index (χ2v) is 3.05. The highest BCUT2D eigenvalue weighted by atomic mass is 16.5. The maximum absolute atomic E-state index is 11.5. The molecule has 0 radical (unpaired) electrons. The van der Waals surface area contributed by atoms with Crippen LogP contribution in [-0.4, -0.2) is 25.5 Å². The monoisotopic (exact) mass is 207 g/mol. The van der Waals surface area contributed by atoms with E-state index in [-0.39, 0.29) is 0 Å². The number of aldehydes is 1. The molecule has 1 amide bonds. The summed E-state index contributed by atoms with van der Waals surface area (Å²) in [5.74, 6) is 0. The number of rotatable bonds is 3. The Bertz CT molecular complexity index is 337. The van der Waals surface area contributed by atoms with Gasteiger partial charge in [-0.15, -0.1) is 0 Å². The predicted octanol–water partition coefficient (Wildman–Crippen LogP) is 1.85. The van der Waals surface area contributed by atoms with Crippen molar-refractivity contribution in [2.45, 2.75) is 13.0 Å². The van der Waals surface area contributed by atoms with Crippen LogP contribution < -0.4 is 4.90 Å². The standard InChI is InChI=1S/C11H13NO3/c1-9(8-13)12(11(14)15-2)10-6-4-3-5-7-10/h3-9H,1-2H3. The summed E-state index contributed by atoms with van der Waals surface area (Å²) >= 11 is 0. The number of ether oxygens (including phenoxy) is 1. The molecule has 0 aliphatic rings. The van der Waals surface area contributed by atoms with Gasteiger partial charge in [0.1, 0.15) is 6.29 Å². The van der Waals surface area contributed by atoms with Gasteiger partial charge in [0.15, 0.2) is 0 Å². The minimum absolute atomic E-state index is 0.541. The normalized spacial score (nSPS) is 11.6. The molecule has 1 atom stereocenters. The molecule has 4 nitrogen and oxygen atoms in total. The van der Waals surface area contributed by atoms with E-state index >= 15 is 0 Å². The van der Waals surface area contributed by atoms with Gasteiger partial charge in [-0.05, 0) is 19.1 Å². The van der Waals surface area contributed by atoms with Crippen LogP contribution >= 0.6 is 0 Å². The molecule has 0 fully saturated rings. The van der Waals surface area contributed by atoms with E-state index in [0.717, 1.165) is 0 Å². The van der Waals surface area contributed by atoms with Gasteiger partial charge in [0.05, 0.1) is 13.2 Å². The summed E-state index contributed by atoms with van der Waals surface area (Å²) < 4.78 is 4.62. The number of nitrogens with zero attached hydrogens (tertiary/aromatic N) is 1. The summed E-state index contributed by atoms with van der Waals surface area (Å²) in [6.07, 6.45) is 0.157. The highest BCUT2D eigenvalue weighted by Crippen LogP contribution is 2.16. The van der Waals surface area contributed by atoms with Gasteiger partial charge < -0.3 is 9.53 Å². The number of carbonyl (C=O) groups is 2. The summed E-state index contributed by atoms with van der Waals surface area (Å²) in [6.45, 7) is 1.64. The van der Waals surface area contributed by atoms with Crippen LogP contribution in [0.3, 0.4) is 0 Å². The van der Waals surface area contributed by atoms with Crippen LogP contribution in [0.5, 0.6) is 0 Å². The molecule has 0 saturated heterocycles. The van der Waals surface area contributed by atoms with Crippen molar-refractivity contribution in [1.82, 2.24) is 0 Å². The molecule has 80 valence electrons. The Morgan fingerprint density at radius 1 is 1.40 bits per heavy atom. The number of anilines is 1. The van der Waals surface area contributed by atoms with E-state index in [9.17, 15) is 9.59 Å². The van der Waals surface area contributed by atoms with Gasteiger partial charge in [-0.2, -0.15) is 0 Å². The molecule has 0 bridgehead atoms. The molecule has 1 rings (SSSR count). The summed E-state index contributed by atoms with van der Waals surface area (Å²) in [4.78, 5) is 23.4. The van der Waals surface area contributed by atoms with E-state index in [1.165, 1.54) is 12.0 Å². The van der Waals surface area contributed by atoms with Gasteiger partial charge in [0.25, 0.3) is 0 Å². The SMILES string of the molecule is COC(=O)N(c1ccccc1)C(C)C=O. The number of benzene rings is 1. The Morgan fingerprint density at radius 2 is 2.00 bits per heavy atom. The molecular weight excluding hydrogens is 194 g/mol. The van der Waals surface area contributed by atoms with Gasteiger partial charge >= 0.3 is 6.09 Å². The van der Waals surface area contributed by atoms with Crippen LogP contribution in [0.4, 0.5) is 10.5 Å². The molecule has 0 aliphatic heterocycles. The lowest BCUT2D eigenvalue weighted by Gasteiger charge is -2.23. The average Bonchev–Trinajstić information content (AvgIpc) is 2.30. The molecule has 1 unspecified atom stereocenters. The fraction of sp³-hybridized carbons (Fsp3) is 0.273. The average molecular weight is 207 g/mol. The van der Waals surface area contributed by atoms with E-state index in [1.54, 1.807) is 31.2 Å². The molecule has 4 heteroatoms. The van der Waals surface area contributed by atoms with Crippen molar-refractivity contribution in [3.05, 3.63) is 30.3 Å². The van der Waals surface area contributed by atoms with E-state index in [0.29, 0.717) is 12.0 Å². The van der Waals surface area contributed by atoms with Crippen molar-refractivity contribution in [2.75, 3.05) is 12.0 Å². The molecule has 0 spiro atoms. The number of methoxy groups -OCH3 is 1. The van der Waals surface area contributed by atoms with Crippen LogP contribution in [-0.2, 0) is 9.53 Å². The lowest BCUT2D eigenvalue weighted by atomic mass is 10.2. The number of hydrogen-bond acceptors (Lipinski definition) is 3. The Labute approximate surface area is 88.5 Å². The number of amides is 1. The first kappa shape index (κ1) is 11.2. The van der Waals surface area contributed by atoms with Gasteiger partial charge in [0.2, 0.25) is 0 Å². The lowest BCUT2D eigenvalue weighted by Crippen LogP contribution is -2.39. The third-order valence-electron chi connectivity index (χ3n) is 2.01. The van der Waals surface area contributed by atoms with E-state index in [4.69, 9.17) is 0 Å². The van der Waals surface area contributed by atoms with Crippen LogP contribution in [0.1, 0.15) is 6.92 Å². The Balaban J connectivity index is 3.01. The third kappa shape index (κ3) is 2.56. The first-order chi connectivity index (χ1) is 7.20. The Kier molecular flexibility index (Phi) is 3.85. The largest absolute Gasteiger partial charge is 0.452 e. The molecule has 15 heavy (non-hydrogen) atoms. The first-order valence-electron chi connectivity index (χ1n) is 4.58. The molecule has 1 aromatic carbocycles. The van der Waals surface area contributed by atoms with Crippen molar-refractivity contribution in [1.29, 1.82) is 0 Å². The predicted molar refractivity (Wildman–Crippen MR) is 56.9 cm³/mol. The van der Waals surface area contributed by atoms with E-state index < -0.39 is 12.1 Å². The smallest absolute Gasteiger partial charge is 0.414 e. The first-order valence-corrected chi connectivity index (χ1v) is 4.58. The molecular formula is C11H13NO3. The van der Waals surface area contributed by atoms with Gasteiger partial charge in [0, 0.05) is 5.69 Å². The minimum atomic E-state index is -0.542. The zero-order chi connectivity index (χ0) is 11.3. The summed E-state index contributed by atoms with van der Waals surface area (Å²) in [6, 6.07) is 8.38. The minimum Gasteiger partial charge on any atom is -0.452 e. The van der Waals surface area contributed by atoms with Gasteiger partial charge in [-0.25, -0.2) is 4.79 Å². The van der Waals surface area contributed by atoms with Crippen molar-refractivity contribution < 1.29 is 14.3 Å². The van der Waals surface area contributed by atoms with Crippen LogP contribution in [0, 0.1) is 0 Å². The van der Waals surface area contributed by atoms with Crippen LogP contribution in [0.25, 0.3) is 0 Å². The molecule has 1 aromatic rings. The molecule has 0 heterocycles. The lowest BCUT2D eigenvalue weighted by molar-refractivity contribution is -0.108. The zero-order valence-corrected chi connectivity index (χ0v) is 8.71. The van der Waals surface area contributed by atoms with Gasteiger partial charge in [-0.1, -0.05) is 18.2 Å². The van der Waals surface area contributed by atoms with Crippen molar-refractivity contribution in [2.24, 2.45) is 0 Å². The molecule has 0 saturated carbocycles. The molecule has 0 aliphatic carbocycles. The number of carbonyl (C=O) groups excluding carboxylic acids is 2. The molecule has 0 N–H and O–H groups in total. The Morgan fingerprint density at radius 3 is 2.47 bits per heavy atom. The van der Waals surface area contributed by atoms with Crippen LogP contribution in [0.15, 0.2) is 30.3 Å². The summed E-state index contributed by atoms with van der Waals surface area (Å²) in [5.41, 5.74) is 0.643. The third-order valence-corrected chi connectivity index (χ3v) is 2.01. The highest BCUT2D eigenvalue weighted by molar-refractivity contribution is 5.92. The summed E-state index contributed by atoms with van der Waals surface area (Å²) in [5, 5.41) is 0. The zero-order valence-electron chi connectivity index (χ0n) is 8.71. The van der Waals surface area contributed by atoms with Crippen molar-refractivity contribution >= 4 is 18.1 Å². The highest BCUT2D eigenvalue weighted by Gasteiger charge is 2.21. The maximum atomic E-state index is 11.5. The van der Waals surface area contributed by atoms with Crippen molar-refractivity contribution in [3.63, 3.8) is 0 Å². The number of para-hydroxylation sites is 1. The topological polar surface area (TPSA) is 46.6 Å².